The molecule has 4 atom stereocenters. The first-order valence-corrected chi connectivity index (χ1v) is 6.04. The highest BCUT2D eigenvalue weighted by molar-refractivity contribution is 5.78. The molecule has 2 fully saturated rings. The van der Waals surface area contributed by atoms with E-state index in [-0.39, 0.29) is 0 Å². The third kappa shape index (κ3) is 1.41. The van der Waals surface area contributed by atoms with Gasteiger partial charge in [0.2, 0.25) is 0 Å². The van der Waals surface area contributed by atoms with Gasteiger partial charge in [0.1, 0.15) is 5.78 Å². The highest BCUT2D eigenvalue weighted by Gasteiger charge is 2.49. The van der Waals surface area contributed by atoms with E-state index in [9.17, 15) is 4.79 Å². The molecule has 0 heterocycles. The maximum Gasteiger partial charge on any atom is 0.132 e. The molecule has 2 aliphatic rings. The molecule has 2 rings (SSSR count). The van der Waals surface area contributed by atoms with E-state index in [0.29, 0.717) is 17.1 Å². The molecular formula is C13H22O. The van der Waals surface area contributed by atoms with Crippen molar-refractivity contribution in [3.8, 4) is 0 Å². The predicted octanol–water partition coefficient (Wildman–Crippen LogP) is 3.43. The number of fused-ring (bicyclic) bond motifs is 1. The van der Waals surface area contributed by atoms with E-state index in [1.54, 1.807) is 6.92 Å². The summed E-state index contributed by atoms with van der Waals surface area (Å²) in [5.74, 6) is 2.46. The van der Waals surface area contributed by atoms with Crippen LogP contribution in [0.1, 0.15) is 52.9 Å². The normalized spacial score (nSPS) is 47.5. The third-order valence-corrected chi connectivity index (χ3v) is 5.08. The Morgan fingerprint density at radius 1 is 1.36 bits per heavy atom. The smallest absolute Gasteiger partial charge is 0.132 e. The van der Waals surface area contributed by atoms with E-state index in [1.807, 2.05) is 0 Å². The molecule has 2 saturated carbocycles. The van der Waals surface area contributed by atoms with Crippen molar-refractivity contribution in [2.45, 2.75) is 52.9 Å². The fraction of sp³-hybridized carbons (Fsp3) is 0.923. The molecule has 0 unspecified atom stereocenters. The number of ketones is 1. The van der Waals surface area contributed by atoms with Crippen molar-refractivity contribution in [3.63, 3.8) is 0 Å². The maximum atomic E-state index is 11.4. The minimum atomic E-state index is 0.380. The first-order chi connectivity index (χ1) is 6.54. The Kier molecular flexibility index (Phi) is 2.45. The molecule has 80 valence electrons. The van der Waals surface area contributed by atoms with Gasteiger partial charge in [-0.15, -0.1) is 0 Å². The molecule has 0 saturated heterocycles. The van der Waals surface area contributed by atoms with Crippen molar-refractivity contribution in [2.75, 3.05) is 0 Å². The van der Waals surface area contributed by atoms with Crippen LogP contribution >= 0.6 is 0 Å². The summed E-state index contributed by atoms with van der Waals surface area (Å²) in [6.07, 6.45) is 6.46. The lowest BCUT2D eigenvalue weighted by atomic mass is 9.63. The summed E-state index contributed by atoms with van der Waals surface area (Å²) in [7, 11) is 0. The molecule has 0 aromatic rings. The SMILES string of the molecule is CC(=O)[C@H]1C[C@H]2CCC[C@H](C)[C@@]2(C)C1. The Bertz CT molecular complexity index is 246. The second-order valence-electron chi connectivity index (χ2n) is 5.78. The Morgan fingerprint density at radius 2 is 2.07 bits per heavy atom. The van der Waals surface area contributed by atoms with Crippen LogP contribution in [0.2, 0.25) is 0 Å². The van der Waals surface area contributed by atoms with E-state index < -0.39 is 0 Å². The molecule has 1 nitrogen and oxygen atoms in total. The highest BCUT2D eigenvalue weighted by atomic mass is 16.1. The zero-order chi connectivity index (χ0) is 10.3. The van der Waals surface area contributed by atoms with Gasteiger partial charge < -0.3 is 0 Å². The molecule has 0 aromatic carbocycles. The van der Waals surface area contributed by atoms with Gasteiger partial charge in [-0.25, -0.2) is 0 Å². The first-order valence-electron chi connectivity index (χ1n) is 6.04. The summed E-state index contributed by atoms with van der Waals surface area (Å²) in [6.45, 7) is 6.58. The average molecular weight is 194 g/mol. The topological polar surface area (TPSA) is 17.1 Å². The van der Waals surface area contributed by atoms with E-state index in [0.717, 1.165) is 18.3 Å². The summed E-state index contributed by atoms with van der Waals surface area (Å²) in [4.78, 5) is 11.4. The highest BCUT2D eigenvalue weighted by Crippen LogP contribution is 2.56. The zero-order valence-electron chi connectivity index (χ0n) is 9.68. The summed E-state index contributed by atoms with van der Waals surface area (Å²) >= 11 is 0. The van der Waals surface area contributed by atoms with Crippen LogP contribution in [0.25, 0.3) is 0 Å². The van der Waals surface area contributed by atoms with Crippen LogP contribution in [0.4, 0.5) is 0 Å². The lowest BCUT2D eigenvalue weighted by Gasteiger charge is -2.42. The summed E-state index contributed by atoms with van der Waals surface area (Å²) in [5, 5.41) is 0. The van der Waals surface area contributed by atoms with Crippen LogP contribution in [0.5, 0.6) is 0 Å². The minimum Gasteiger partial charge on any atom is -0.300 e. The van der Waals surface area contributed by atoms with E-state index in [4.69, 9.17) is 0 Å². The van der Waals surface area contributed by atoms with Crippen LogP contribution < -0.4 is 0 Å². The number of carbonyl (C=O) groups is 1. The van der Waals surface area contributed by atoms with Gasteiger partial charge in [-0.1, -0.05) is 26.7 Å². The van der Waals surface area contributed by atoms with Crippen LogP contribution in [0.3, 0.4) is 0 Å². The molecule has 0 bridgehead atoms. The molecule has 1 heteroatoms. The number of rotatable bonds is 1. The quantitative estimate of drug-likeness (QED) is 0.625. The Balaban J connectivity index is 2.17. The van der Waals surface area contributed by atoms with Gasteiger partial charge >= 0.3 is 0 Å². The largest absolute Gasteiger partial charge is 0.300 e. The first kappa shape index (κ1) is 10.2. The Labute approximate surface area is 87.3 Å². The van der Waals surface area contributed by atoms with E-state index in [1.165, 1.54) is 25.7 Å². The fourth-order valence-corrected chi connectivity index (χ4v) is 3.75. The van der Waals surface area contributed by atoms with Crippen molar-refractivity contribution in [3.05, 3.63) is 0 Å². The molecule has 0 aromatic heterocycles. The standard InChI is InChI=1S/C13H22O/c1-9-5-4-6-12-7-11(10(2)14)8-13(9,12)3/h9,11-12H,4-8H2,1-3H3/t9-,11-,12+,13+/m0/s1. The molecule has 0 radical (unpaired) electrons. The van der Waals surface area contributed by atoms with Crippen molar-refractivity contribution in [1.29, 1.82) is 0 Å². The van der Waals surface area contributed by atoms with Crippen LogP contribution in [-0.2, 0) is 4.79 Å². The molecule has 0 spiro atoms. The molecule has 0 aliphatic heterocycles. The zero-order valence-corrected chi connectivity index (χ0v) is 9.68. The van der Waals surface area contributed by atoms with Crippen LogP contribution in [0.15, 0.2) is 0 Å². The lowest BCUT2D eigenvalue weighted by Crippen LogP contribution is -2.33. The van der Waals surface area contributed by atoms with Gasteiger partial charge in [-0.2, -0.15) is 0 Å². The van der Waals surface area contributed by atoms with Gasteiger partial charge in [-0.3, -0.25) is 4.79 Å². The van der Waals surface area contributed by atoms with Crippen LogP contribution in [0, 0.1) is 23.2 Å². The number of Topliss-reactive ketones (excluding diaryl/α,β-unsaturated/α-hetero) is 1. The van der Waals surface area contributed by atoms with E-state index >= 15 is 0 Å². The second kappa shape index (κ2) is 3.36. The van der Waals surface area contributed by atoms with Gasteiger partial charge in [-0.05, 0) is 43.4 Å². The van der Waals surface area contributed by atoms with Crippen molar-refractivity contribution in [1.82, 2.24) is 0 Å². The molecule has 14 heavy (non-hydrogen) atoms. The minimum absolute atomic E-state index is 0.380. The number of hydrogen-bond donors (Lipinski definition) is 0. The van der Waals surface area contributed by atoms with Crippen molar-refractivity contribution >= 4 is 5.78 Å². The number of carbonyl (C=O) groups excluding carboxylic acids is 1. The monoisotopic (exact) mass is 194 g/mol. The molecular weight excluding hydrogens is 172 g/mol. The lowest BCUT2D eigenvalue weighted by molar-refractivity contribution is -0.120. The summed E-state index contributed by atoms with van der Waals surface area (Å²) in [6, 6.07) is 0. The van der Waals surface area contributed by atoms with E-state index in [2.05, 4.69) is 13.8 Å². The predicted molar refractivity (Wildman–Crippen MR) is 58.0 cm³/mol. The van der Waals surface area contributed by atoms with Crippen LogP contribution in [-0.4, -0.2) is 5.78 Å². The van der Waals surface area contributed by atoms with Crippen molar-refractivity contribution in [2.24, 2.45) is 23.2 Å². The Morgan fingerprint density at radius 3 is 2.64 bits per heavy atom. The average Bonchev–Trinajstić information content (AvgIpc) is 2.45. The molecule has 2 aliphatic carbocycles. The second-order valence-corrected chi connectivity index (χ2v) is 5.78. The van der Waals surface area contributed by atoms with Gasteiger partial charge in [0, 0.05) is 5.92 Å². The summed E-state index contributed by atoms with van der Waals surface area (Å²) in [5.41, 5.74) is 0.481. The Hall–Kier alpha value is -0.330. The third-order valence-electron chi connectivity index (χ3n) is 5.08. The van der Waals surface area contributed by atoms with Gasteiger partial charge in [0.05, 0.1) is 0 Å². The maximum absolute atomic E-state index is 11.4. The molecule has 0 amide bonds. The number of hydrogen-bond acceptors (Lipinski definition) is 1. The summed E-state index contributed by atoms with van der Waals surface area (Å²) < 4.78 is 0. The fourth-order valence-electron chi connectivity index (χ4n) is 3.75. The van der Waals surface area contributed by atoms with Gasteiger partial charge in [0.15, 0.2) is 0 Å². The van der Waals surface area contributed by atoms with Gasteiger partial charge in [0.25, 0.3) is 0 Å². The van der Waals surface area contributed by atoms with Crippen molar-refractivity contribution < 1.29 is 4.79 Å². The molecule has 0 N–H and O–H groups in total.